The first-order valence-electron chi connectivity index (χ1n) is 7.05. The van der Waals surface area contributed by atoms with Crippen LogP contribution in [0, 0.1) is 33.5 Å². The molecule has 6 aliphatic rings. The summed E-state index contributed by atoms with van der Waals surface area (Å²) in [5, 5.41) is 0. The average Bonchev–Trinajstić information content (AvgIpc) is 2.92. The van der Waals surface area contributed by atoms with E-state index in [9.17, 15) is 0 Å². The first-order chi connectivity index (χ1) is 7.39. The van der Waals surface area contributed by atoms with E-state index in [0.717, 1.165) is 11.8 Å². The molecule has 0 aromatic rings. The fraction of sp³-hybridized carbons (Fsp3) is 1.00. The number of epoxide rings is 1. The van der Waals surface area contributed by atoms with Gasteiger partial charge in [-0.2, -0.15) is 0 Å². The van der Waals surface area contributed by atoms with Crippen LogP contribution in [0.2, 0.25) is 0 Å². The molecule has 0 aromatic heterocycles. The molecule has 16 heavy (non-hydrogen) atoms. The maximum Gasteiger partial charge on any atom is 0.0911 e. The molecule has 0 N–H and O–H groups in total. The molecule has 0 aromatic carbocycles. The van der Waals surface area contributed by atoms with Gasteiger partial charge in [-0.1, -0.05) is 27.7 Å². The van der Waals surface area contributed by atoms with Crippen LogP contribution in [-0.2, 0) is 4.74 Å². The third-order valence-electron chi connectivity index (χ3n) is 7.93. The molecule has 4 bridgehead atoms. The van der Waals surface area contributed by atoms with E-state index in [-0.39, 0.29) is 0 Å². The molecule has 1 aliphatic heterocycles. The highest BCUT2D eigenvalue weighted by Gasteiger charge is 2.99. The summed E-state index contributed by atoms with van der Waals surface area (Å²) in [6.45, 7) is 10.2. The fourth-order valence-electron chi connectivity index (χ4n) is 7.52. The van der Waals surface area contributed by atoms with Crippen LogP contribution >= 0.6 is 0 Å². The van der Waals surface area contributed by atoms with Crippen LogP contribution < -0.4 is 0 Å². The topological polar surface area (TPSA) is 12.5 Å². The normalized spacial score (nSPS) is 69.8. The van der Waals surface area contributed by atoms with Crippen molar-refractivity contribution < 1.29 is 4.74 Å². The van der Waals surface area contributed by atoms with Gasteiger partial charge in [-0.15, -0.1) is 0 Å². The van der Waals surface area contributed by atoms with Gasteiger partial charge in [0, 0.05) is 5.41 Å². The summed E-state index contributed by atoms with van der Waals surface area (Å²) in [5.41, 5.74) is 2.40. The summed E-state index contributed by atoms with van der Waals surface area (Å²) in [6, 6.07) is 0. The predicted octanol–water partition coefficient (Wildman–Crippen LogP) is 3.24. The van der Waals surface area contributed by atoms with Crippen LogP contribution in [0.1, 0.15) is 47.0 Å². The van der Waals surface area contributed by atoms with Gasteiger partial charge in [0.1, 0.15) is 0 Å². The molecule has 1 nitrogen and oxygen atoms in total. The number of hydrogen-bond donors (Lipinski definition) is 0. The summed E-state index contributed by atoms with van der Waals surface area (Å²) in [5.74, 6) is 2.02. The standard InChI is InChI=1S/C15H22O/c1-12(2)7-9-11(16-9)15-10-5-8(13(15,3)4)6-14(10,12)15/h8-11H,5-7H2,1-4H3. The molecule has 6 unspecified atom stereocenters. The zero-order chi connectivity index (χ0) is 11.1. The molecule has 0 radical (unpaired) electrons. The zero-order valence-corrected chi connectivity index (χ0v) is 10.8. The number of fused-ring (bicyclic) bond motifs is 1. The van der Waals surface area contributed by atoms with E-state index in [1.54, 1.807) is 0 Å². The van der Waals surface area contributed by atoms with E-state index in [4.69, 9.17) is 4.74 Å². The van der Waals surface area contributed by atoms with Crippen molar-refractivity contribution in [2.24, 2.45) is 33.5 Å². The molecule has 2 spiro atoms. The van der Waals surface area contributed by atoms with E-state index in [2.05, 4.69) is 27.7 Å². The molecule has 1 heterocycles. The summed E-state index contributed by atoms with van der Waals surface area (Å²) in [4.78, 5) is 0. The Bertz CT molecular complexity index is 423. The van der Waals surface area contributed by atoms with E-state index in [1.807, 2.05) is 0 Å². The molecule has 6 rings (SSSR count). The average molecular weight is 218 g/mol. The second-order valence-corrected chi connectivity index (χ2v) is 8.43. The molecular weight excluding hydrogens is 196 g/mol. The number of ether oxygens (including phenoxy) is 1. The van der Waals surface area contributed by atoms with Gasteiger partial charge in [-0.3, -0.25) is 0 Å². The summed E-state index contributed by atoms with van der Waals surface area (Å²) >= 11 is 0. The van der Waals surface area contributed by atoms with Crippen LogP contribution in [0.4, 0.5) is 0 Å². The molecule has 6 fully saturated rings. The Balaban J connectivity index is 1.81. The fourth-order valence-corrected chi connectivity index (χ4v) is 7.52. The highest BCUT2D eigenvalue weighted by atomic mass is 16.6. The maximum atomic E-state index is 6.10. The van der Waals surface area contributed by atoms with Crippen molar-refractivity contribution in [1.29, 1.82) is 0 Å². The highest BCUT2D eigenvalue weighted by molar-refractivity contribution is 5.46. The van der Waals surface area contributed by atoms with Crippen molar-refractivity contribution in [1.82, 2.24) is 0 Å². The zero-order valence-electron chi connectivity index (χ0n) is 10.8. The number of hydrogen-bond acceptors (Lipinski definition) is 1. The van der Waals surface area contributed by atoms with Crippen LogP contribution in [0.25, 0.3) is 0 Å². The van der Waals surface area contributed by atoms with Crippen LogP contribution in [-0.4, -0.2) is 12.2 Å². The first-order valence-corrected chi connectivity index (χ1v) is 7.05. The molecular formula is C15H22O. The lowest BCUT2D eigenvalue weighted by atomic mass is 9.61. The maximum absolute atomic E-state index is 6.10. The SMILES string of the molecule is CC1(C)CC2OC2C23C4CC(CC412)C3(C)C. The minimum absolute atomic E-state index is 0.540. The van der Waals surface area contributed by atoms with Crippen LogP contribution in [0.3, 0.4) is 0 Å². The Morgan fingerprint density at radius 3 is 2.50 bits per heavy atom. The predicted molar refractivity (Wildman–Crippen MR) is 61.9 cm³/mol. The first kappa shape index (κ1) is 8.97. The molecule has 0 amide bonds. The summed E-state index contributed by atoms with van der Waals surface area (Å²) < 4.78 is 6.10. The van der Waals surface area contributed by atoms with Gasteiger partial charge < -0.3 is 4.74 Å². The lowest BCUT2D eigenvalue weighted by molar-refractivity contribution is 0.0694. The quantitative estimate of drug-likeness (QED) is 0.569. The van der Waals surface area contributed by atoms with Crippen molar-refractivity contribution in [3.63, 3.8) is 0 Å². The van der Waals surface area contributed by atoms with E-state index < -0.39 is 0 Å². The molecule has 6 atom stereocenters. The Morgan fingerprint density at radius 2 is 1.81 bits per heavy atom. The van der Waals surface area contributed by atoms with Crippen LogP contribution in [0.15, 0.2) is 0 Å². The minimum atomic E-state index is 0.540. The van der Waals surface area contributed by atoms with Crippen molar-refractivity contribution in [2.75, 3.05) is 0 Å². The molecule has 5 aliphatic carbocycles. The monoisotopic (exact) mass is 218 g/mol. The molecule has 5 saturated carbocycles. The second kappa shape index (κ2) is 1.83. The third kappa shape index (κ3) is 0.493. The summed E-state index contributed by atoms with van der Waals surface area (Å²) in [7, 11) is 0. The van der Waals surface area contributed by atoms with E-state index >= 15 is 0 Å². The Hall–Kier alpha value is -0.0400. The second-order valence-electron chi connectivity index (χ2n) is 8.43. The number of rotatable bonds is 0. The minimum Gasteiger partial charge on any atom is -0.369 e. The van der Waals surface area contributed by atoms with Gasteiger partial charge in [0.05, 0.1) is 12.2 Å². The lowest BCUT2D eigenvalue weighted by Gasteiger charge is -2.41. The van der Waals surface area contributed by atoms with Gasteiger partial charge in [0.25, 0.3) is 0 Å². The van der Waals surface area contributed by atoms with Crippen molar-refractivity contribution in [3.8, 4) is 0 Å². The van der Waals surface area contributed by atoms with Crippen molar-refractivity contribution in [3.05, 3.63) is 0 Å². The highest BCUT2D eigenvalue weighted by Crippen LogP contribution is 3.01. The Labute approximate surface area is 97.9 Å². The van der Waals surface area contributed by atoms with Gasteiger partial charge in [0.2, 0.25) is 0 Å². The van der Waals surface area contributed by atoms with E-state index in [0.29, 0.717) is 33.9 Å². The summed E-state index contributed by atoms with van der Waals surface area (Å²) in [6.07, 6.45) is 5.66. The Morgan fingerprint density at radius 1 is 1.06 bits per heavy atom. The van der Waals surface area contributed by atoms with E-state index in [1.165, 1.54) is 19.3 Å². The lowest BCUT2D eigenvalue weighted by Crippen LogP contribution is -2.41. The smallest absolute Gasteiger partial charge is 0.0911 e. The van der Waals surface area contributed by atoms with Crippen molar-refractivity contribution >= 4 is 0 Å². The third-order valence-corrected chi connectivity index (χ3v) is 7.93. The molecule has 1 saturated heterocycles. The van der Waals surface area contributed by atoms with Gasteiger partial charge in [-0.05, 0) is 47.3 Å². The molecule has 1 heteroatoms. The largest absolute Gasteiger partial charge is 0.369 e. The van der Waals surface area contributed by atoms with Gasteiger partial charge in [0.15, 0.2) is 0 Å². The van der Waals surface area contributed by atoms with Gasteiger partial charge in [-0.25, -0.2) is 0 Å². The van der Waals surface area contributed by atoms with Gasteiger partial charge >= 0.3 is 0 Å². The molecule has 88 valence electrons. The van der Waals surface area contributed by atoms with Crippen LogP contribution in [0.5, 0.6) is 0 Å². The Kier molecular flexibility index (Phi) is 1.02. The van der Waals surface area contributed by atoms with Crippen molar-refractivity contribution in [2.45, 2.75) is 59.2 Å².